The van der Waals surface area contributed by atoms with Gasteiger partial charge < -0.3 is 19.5 Å². The highest BCUT2D eigenvalue weighted by Crippen LogP contribution is 2.31. The Morgan fingerprint density at radius 2 is 1.92 bits per heavy atom. The number of esters is 1. The zero-order chi connectivity index (χ0) is 18.8. The normalized spacial score (nSPS) is 13.8. The molecule has 0 fully saturated rings. The first-order valence-electron chi connectivity index (χ1n) is 8.28. The summed E-state index contributed by atoms with van der Waals surface area (Å²) in [5, 5.41) is 7.00. The predicted octanol–water partition coefficient (Wildman–Crippen LogP) is 1.99. The number of aromatic nitrogens is 2. The summed E-state index contributed by atoms with van der Waals surface area (Å²) in [7, 11) is 1.79. The van der Waals surface area contributed by atoms with Gasteiger partial charge in [-0.1, -0.05) is 0 Å². The van der Waals surface area contributed by atoms with Crippen LogP contribution in [0.4, 0.5) is 5.69 Å². The second-order valence-corrected chi connectivity index (χ2v) is 6.06. The Hall–Kier alpha value is -3.03. The minimum atomic E-state index is -0.963. The van der Waals surface area contributed by atoms with Gasteiger partial charge in [-0.2, -0.15) is 5.10 Å². The van der Waals surface area contributed by atoms with Crippen LogP contribution in [0.1, 0.15) is 28.7 Å². The summed E-state index contributed by atoms with van der Waals surface area (Å²) < 4.78 is 17.8. The molecule has 1 aromatic carbocycles. The third kappa shape index (κ3) is 3.49. The van der Waals surface area contributed by atoms with Crippen LogP contribution in [-0.4, -0.2) is 41.0 Å². The minimum absolute atomic E-state index is 0.294. The molecule has 0 spiro atoms. The Kier molecular flexibility index (Phi) is 4.83. The summed E-state index contributed by atoms with van der Waals surface area (Å²) in [4.78, 5) is 24.7. The Balaban J connectivity index is 1.66. The number of anilines is 1. The lowest BCUT2D eigenvalue weighted by molar-refractivity contribution is -0.123. The van der Waals surface area contributed by atoms with Crippen molar-refractivity contribution in [1.29, 1.82) is 0 Å². The third-order valence-corrected chi connectivity index (χ3v) is 4.19. The molecule has 1 N–H and O–H groups in total. The molecule has 1 atom stereocenters. The molecule has 2 heterocycles. The molecular weight excluding hydrogens is 338 g/mol. The van der Waals surface area contributed by atoms with Crippen molar-refractivity contribution in [3.63, 3.8) is 0 Å². The lowest BCUT2D eigenvalue weighted by Gasteiger charge is -2.19. The Labute approximate surface area is 151 Å². The summed E-state index contributed by atoms with van der Waals surface area (Å²) in [5.41, 5.74) is 2.44. The van der Waals surface area contributed by atoms with Crippen LogP contribution in [0.3, 0.4) is 0 Å². The molecule has 1 aliphatic heterocycles. The molecule has 0 bridgehead atoms. The fraction of sp³-hybridized carbons (Fsp3) is 0.389. The number of nitrogens with one attached hydrogen (secondary N) is 1. The number of carbonyl (C=O) groups excluding carboxylic acids is 2. The van der Waals surface area contributed by atoms with E-state index >= 15 is 0 Å². The molecular formula is C18H21N3O5. The topological polar surface area (TPSA) is 91.7 Å². The van der Waals surface area contributed by atoms with Gasteiger partial charge in [0, 0.05) is 7.05 Å². The molecule has 1 aromatic heterocycles. The molecule has 0 aliphatic carbocycles. The van der Waals surface area contributed by atoms with Crippen LogP contribution in [0.2, 0.25) is 0 Å². The van der Waals surface area contributed by atoms with Crippen molar-refractivity contribution in [3.8, 4) is 11.5 Å². The molecule has 2 aromatic rings. The number of aryl methyl sites for hydroxylation is 2. The Morgan fingerprint density at radius 1 is 1.23 bits per heavy atom. The van der Waals surface area contributed by atoms with Gasteiger partial charge >= 0.3 is 5.97 Å². The molecule has 1 amide bonds. The van der Waals surface area contributed by atoms with Crippen molar-refractivity contribution in [3.05, 3.63) is 35.2 Å². The molecule has 1 aliphatic rings. The van der Waals surface area contributed by atoms with Gasteiger partial charge in [-0.15, -0.1) is 0 Å². The zero-order valence-corrected chi connectivity index (χ0v) is 15.2. The van der Waals surface area contributed by atoms with E-state index in [4.69, 9.17) is 14.2 Å². The quantitative estimate of drug-likeness (QED) is 0.840. The fourth-order valence-electron chi connectivity index (χ4n) is 2.63. The van der Waals surface area contributed by atoms with E-state index in [0.29, 0.717) is 41.7 Å². The van der Waals surface area contributed by atoms with E-state index in [2.05, 4.69) is 10.4 Å². The van der Waals surface area contributed by atoms with E-state index in [-0.39, 0.29) is 0 Å². The predicted molar refractivity (Wildman–Crippen MR) is 93.6 cm³/mol. The molecule has 8 nitrogen and oxygen atoms in total. The summed E-state index contributed by atoms with van der Waals surface area (Å²) in [6.45, 7) is 6.07. The highest BCUT2D eigenvalue weighted by atomic mass is 16.6. The lowest BCUT2D eigenvalue weighted by atomic mass is 10.2. The number of benzene rings is 1. The molecule has 0 radical (unpaired) electrons. The standard InChI is InChI=1S/C18H21N3O5/c1-10-16(11(2)21(4)20-10)19-17(22)12(3)26-18(23)13-5-6-14-15(9-13)25-8-7-24-14/h5-6,9,12H,7-8H2,1-4H3,(H,19,22)/t12-/m0/s1. The van der Waals surface area contributed by atoms with E-state index in [1.54, 1.807) is 36.9 Å². The smallest absolute Gasteiger partial charge is 0.339 e. The van der Waals surface area contributed by atoms with E-state index in [9.17, 15) is 9.59 Å². The van der Waals surface area contributed by atoms with Crippen molar-refractivity contribution < 1.29 is 23.8 Å². The molecule has 0 saturated heterocycles. The first kappa shape index (κ1) is 17.8. The van der Waals surface area contributed by atoms with Gasteiger partial charge in [-0.25, -0.2) is 4.79 Å². The van der Waals surface area contributed by atoms with Gasteiger partial charge in [0.25, 0.3) is 5.91 Å². The number of nitrogens with zero attached hydrogens (tertiary/aromatic N) is 2. The van der Waals surface area contributed by atoms with Crippen molar-refractivity contribution >= 4 is 17.6 Å². The summed E-state index contributed by atoms with van der Waals surface area (Å²) in [6, 6.07) is 4.78. The van der Waals surface area contributed by atoms with Gasteiger partial charge in [0.1, 0.15) is 13.2 Å². The maximum atomic E-state index is 12.4. The molecule has 8 heteroatoms. The third-order valence-electron chi connectivity index (χ3n) is 4.19. The van der Waals surface area contributed by atoms with Crippen LogP contribution < -0.4 is 14.8 Å². The second kappa shape index (κ2) is 7.07. The highest BCUT2D eigenvalue weighted by Gasteiger charge is 2.23. The number of rotatable bonds is 4. The molecule has 0 saturated carbocycles. The van der Waals surface area contributed by atoms with Gasteiger partial charge in [-0.05, 0) is 39.0 Å². The van der Waals surface area contributed by atoms with E-state index in [1.807, 2.05) is 6.92 Å². The lowest BCUT2D eigenvalue weighted by Crippen LogP contribution is -2.30. The van der Waals surface area contributed by atoms with Crippen molar-refractivity contribution in [2.75, 3.05) is 18.5 Å². The largest absolute Gasteiger partial charge is 0.486 e. The molecule has 138 valence electrons. The van der Waals surface area contributed by atoms with Crippen LogP contribution in [0.15, 0.2) is 18.2 Å². The van der Waals surface area contributed by atoms with Crippen LogP contribution in [-0.2, 0) is 16.6 Å². The average Bonchev–Trinajstić information content (AvgIpc) is 2.87. The van der Waals surface area contributed by atoms with Crippen LogP contribution in [0.5, 0.6) is 11.5 Å². The number of hydrogen-bond donors (Lipinski definition) is 1. The van der Waals surface area contributed by atoms with E-state index in [0.717, 1.165) is 5.69 Å². The monoisotopic (exact) mass is 359 g/mol. The average molecular weight is 359 g/mol. The SMILES string of the molecule is Cc1nn(C)c(C)c1NC(=O)[C@H](C)OC(=O)c1ccc2c(c1)OCCO2. The van der Waals surface area contributed by atoms with E-state index in [1.165, 1.54) is 6.92 Å². The molecule has 26 heavy (non-hydrogen) atoms. The van der Waals surface area contributed by atoms with Crippen LogP contribution in [0, 0.1) is 13.8 Å². The maximum Gasteiger partial charge on any atom is 0.339 e. The Morgan fingerprint density at radius 3 is 2.58 bits per heavy atom. The summed E-state index contributed by atoms with van der Waals surface area (Å²) in [6.07, 6.45) is -0.963. The van der Waals surface area contributed by atoms with Crippen molar-refractivity contribution in [1.82, 2.24) is 9.78 Å². The van der Waals surface area contributed by atoms with Crippen LogP contribution >= 0.6 is 0 Å². The summed E-state index contributed by atoms with van der Waals surface area (Å²) in [5.74, 6) is 0.0462. The maximum absolute atomic E-state index is 12.4. The fourth-order valence-corrected chi connectivity index (χ4v) is 2.63. The second-order valence-electron chi connectivity index (χ2n) is 6.06. The summed E-state index contributed by atoms with van der Waals surface area (Å²) >= 11 is 0. The molecule has 3 rings (SSSR count). The number of hydrogen-bond acceptors (Lipinski definition) is 6. The van der Waals surface area contributed by atoms with Gasteiger partial charge in [-0.3, -0.25) is 9.48 Å². The highest BCUT2D eigenvalue weighted by molar-refractivity contribution is 5.98. The molecule has 0 unspecified atom stereocenters. The van der Waals surface area contributed by atoms with Gasteiger partial charge in [0.2, 0.25) is 0 Å². The van der Waals surface area contributed by atoms with Crippen LogP contribution in [0.25, 0.3) is 0 Å². The zero-order valence-electron chi connectivity index (χ0n) is 15.2. The van der Waals surface area contributed by atoms with Gasteiger partial charge in [0.05, 0.1) is 22.6 Å². The number of carbonyl (C=O) groups is 2. The Bertz CT molecular complexity index is 859. The first-order chi connectivity index (χ1) is 12.4. The van der Waals surface area contributed by atoms with Gasteiger partial charge in [0.15, 0.2) is 17.6 Å². The number of fused-ring (bicyclic) bond motifs is 1. The number of ether oxygens (including phenoxy) is 3. The van der Waals surface area contributed by atoms with E-state index < -0.39 is 18.0 Å². The van der Waals surface area contributed by atoms with Crippen molar-refractivity contribution in [2.45, 2.75) is 26.9 Å². The van der Waals surface area contributed by atoms with Crippen molar-refractivity contribution in [2.24, 2.45) is 7.05 Å². The first-order valence-corrected chi connectivity index (χ1v) is 8.28. The minimum Gasteiger partial charge on any atom is -0.486 e. The number of amides is 1.